The average molecular weight is 300 g/mol. The van der Waals surface area contributed by atoms with Gasteiger partial charge in [-0.2, -0.15) is 0 Å². The second-order valence-electron chi connectivity index (χ2n) is 3.14. The van der Waals surface area contributed by atoms with Crippen LogP contribution < -0.4 is 0 Å². The minimum atomic E-state index is -1.65. The SMILES string of the molecule is CCCSC(O)(SCCC)C(=O)O.O=C(O)CO. The summed E-state index contributed by atoms with van der Waals surface area (Å²) < 4.78 is -1.65. The van der Waals surface area contributed by atoms with Crippen molar-refractivity contribution < 1.29 is 30.0 Å². The Labute approximate surface area is 115 Å². The van der Waals surface area contributed by atoms with E-state index in [0.717, 1.165) is 36.4 Å². The molecule has 108 valence electrons. The summed E-state index contributed by atoms with van der Waals surface area (Å²) in [5.41, 5.74) is 0. The molecular formula is C10H20O6S2. The maximum absolute atomic E-state index is 10.7. The lowest BCUT2D eigenvalue weighted by Crippen LogP contribution is -2.31. The number of aliphatic carboxylic acids is 2. The number of carboxylic acid groups (broad SMARTS) is 2. The van der Waals surface area contributed by atoms with Crippen molar-refractivity contribution >= 4 is 35.5 Å². The quantitative estimate of drug-likeness (QED) is 0.492. The van der Waals surface area contributed by atoms with Crippen LogP contribution in [0.1, 0.15) is 26.7 Å². The molecular weight excluding hydrogens is 280 g/mol. The molecule has 4 N–H and O–H groups in total. The van der Waals surface area contributed by atoms with Crippen molar-refractivity contribution in [2.45, 2.75) is 31.0 Å². The first kappa shape index (κ1) is 19.9. The maximum Gasteiger partial charge on any atom is 0.357 e. The van der Waals surface area contributed by atoms with E-state index in [1.165, 1.54) is 0 Å². The highest BCUT2D eigenvalue weighted by Crippen LogP contribution is 2.35. The van der Waals surface area contributed by atoms with E-state index in [1.807, 2.05) is 13.8 Å². The van der Waals surface area contributed by atoms with E-state index in [2.05, 4.69) is 0 Å². The van der Waals surface area contributed by atoms with Crippen molar-refractivity contribution in [1.29, 1.82) is 0 Å². The molecule has 18 heavy (non-hydrogen) atoms. The van der Waals surface area contributed by atoms with E-state index in [4.69, 9.17) is 20.1 Å². The third-order valence-electron chi connectivity index (χ3n) is 1.41. The van der Waals surface area contributed by atoms with Crippen LogP contribution in [0.2, 0.25) is 0 Å². The van der Waals surface area contributed by atoms with Gasteiger partial charge >= 0.3 is 11.9 Å². The summed E-state index contributed by atoms with van der Waals surface area (Å²) in [7, 11) is 0. The van der Waals surface area contributed by atoms with Gasteiger partial charge in [0, 0.05) is 0 Å². The number of hydrogen-bond donors (Lipinski definition) is 4. The highest BCUT2D eigenvalue weighted by molar-refractivity contribution is 8.19. The zero-order chi connectivity index (χ0) is 14.6. The summed E-state index contributed by atoms with van der Waals surface area (Å²) in [6.45, 7) is 3.14. The number of aliphatic hydroxyl groups is 2. The maximum atomic E-state index is 10.7. The van der Waals surface area contributed by atoms with Crippen molar-refractivity contribution in [2.75, 3.05) is 18.1 Å². The van der Waals surface area contributed by atoms with Crippen LogP contribution in [0.25, 0.3) is 0 Å². The third-order valence-corrected chi connectivity index (χ3v) is 4.47. The largest absolute Gasteiger partial charge is 0.480 e. The van der Waals surface area contributed by atoms with Crippen molar-refractivity contribution in [3.63, 3.8) is 0 Å². The van der Waals surface area contributed by atoms with E-state index in [9.17, 15) is 9.90 Å². The van der Waals surface area contributed by atoms with E-state index in [-0.39, 0.29) is 0 Å². The fourth-order valence-corrected chi connectivity index (χ4v) is 2.69. The third kappa shape index (κ3) is 10.7. The van der Waals surface area contributed by atoms with Crippen LogP contribution in [0, 0.1) is 0 Å². The topological polar surface area (TPSA) is 115 Å². The van der Waals surface area contributed by atoms with Gasteiger partial charge in [0.15, 0.2) is 0 Å². The van der Waals surface area contributed by atoms with Gasteiger partial charge in [-0.05, 0) is 24.3 Å². The van der Waals surface area contributed by atoms with Crippen LogP contribution in [0.3, 0.4) is 0 Å². The van der Waals surface area contributed by atoms with Crippen LogP contribution in [0.15, 0.2) is 0 Å². The molecule has 0 aromatic rings. The summed E-state index contributed by atoms with van der Waals surface area (Å²) >= 11 is 2.18. The van der Waals surface area contributed by atoms with Gasteiger partial charge < -0.3 is 20.4 Å². The molecule has 0 unspecified atom stereocenters. The molecule has 0 saturated carbocycles. The number of carboxylic acids is 2. The molecule has 0 fully saturated rings. The monoisotopic (exact) mass is 300 g/mol. The molecule has 0 bridgehead atoms. The lowest BCUT2D eigenvalue weighted by atomic mass is 10.6. The smallest absolute Gasteiger partial charge is 0.357 e. The molecule has 0 rings (SSSR count). The summed E-state index contributed by atoms with van der Waals surface area (Å²) in [5.74, 6) is -1.01. The summed E-state index contributed by atoms with van der Waals surface area (Å²) in [4.78, 5) is 19.9. The predicted octanol–water partition coefficient (Wildman–Crippen LogP) is 1.07. The van der Waals surface area contributed by atoms with Crippen LogP contribution in [-0.4, -0.2) is 54.7 Å². The van der Waals surface area contributed by atoms with E-state index >= 15 is 0 Å². The molecule has 6 nitrogen and oxygen atoms in total. The standard InChI is InChI=1S/C8H16O3S2.C2H4O3/c1-3-5-12-8(11,7(9)10)13-6-4-2;3-1-2(4)5/h11H,3-6H2,1-2H3,(H,9,10);3H,1H2,(H,4,5). The first-order chi connectivity index (χ1) is 8.33. The van der Waals surface area contributed by atoms with Crippen LogP contribution in [0.5, 0.6) is 0 Å². The number of thioether (sulfide) groups is 2. The van der Waals surface area contributed by atoms with Gasteiger partial charge in [0.1, 0.15) is 6.61 Å². The minimum absolute atomic E-state index is 0.666. The van der Waals surface area contributed by atoms with Crippen molar-refractivity contribution in [1.82, 2.24) is 0 Å². The zero-order valence-corrected chi connectivity index (χ0v) is 12.1. The Morgan fingerprint density at radius 1 is 1.06 bits per heavy atom. The zero-order valence-electron chi connectivity index (χ0n) is 10.5. The molecule has 0 radical (unpaired) electrons. The second-order valence-corrected chi connectivity index (χ2v) is 5.97. The van der Waals surface area contributed by atoms with Gasteiger partial charge in [0.25, 0.3) is 4.27 Å². The molecule has 0 aromatic heterocycles. The summed E-state index contributed by atoms with van der Waals surface area (Å²) in [6, 6.07) is 0. The Morgan fingerprint density at radius 2 is 1.39 bits per heavy atom. The van der Waals surface area contributed by atoms with E-state index in [0.29, 0.717) is 11.5 Å². The van der Waals surface area contributed by atoms with E-state index < -0.39 is 22.8 Å². The molecule has 0 aliphatic rings. The molecule has 0 aromatic carbocycles. The Balaban J connectivity index is 0. The normalized spacial score (nSPS) is 10.4. The number of carbonyl (C=O) groups is 2. The number of aliphatic hydroxyl groups excluding tert-OH is 1. The van der Waals surface area contributed by atoms with Crippen LogP contribution >= 0.6 is 23.5 Å². The number of hydrogen-bond acceptors (Lipinski definition) is 6. The lowest BCUT2D eigenvalue weighted by molar-refractivity contribution is -0.144. The lowest BCUT2D eigenvalue weighted by Gasteiger charge is -2.21. The Hall–Kier alpha value is -0.440. The van der Waals surface area contributed by atoms with Crippen molar-refractivity contribution in [2.24, 2.45) is 0 Å². The van der Waals surface area contributed by atoms with Crippen LogP contribution in [-0.2, 0) is 9.59 Å². The molecule has 8 heteroatoms. The summed E-state index contributed by atoms with van der Waals surface area (Å²) in [5, 5.41) is 33.5. The van der Waals surface area contributed by atoms with Crippen molar-refractivity contribution in [3.05, 3.63) is 0 Å². The van der Waals surface area contributed by atoms with Crippen molar-refractivity contribution in [3.8, 4) is 0 Å². The Kier molecular flexibility index (Phi) is 12.9. The molecule has 0 heterocycles. The molecule has 0 saturated heterocycles. The molecule has 0 aliphatic heterocycles. The van der Waals surface area contributed by atoms with E-state index in [1.54, 1.807) is 0 Å². The molecule has 0 spiro atoms. The van der Waals surface area contributed by atoms with Gasteiger partial charge in [0.2, 0.25) is 0 Å². The molecule has 0 amide bonds. The van der Waals surface area contributed by atoms with Gasteiger partial charge in [-0.25, -0.2) is 9.59 Å². The average Bonchev–Trinajstić information content (AvgIpc) is 2.34. The predicted molar refractivity (Wildman–Crippen MR) is 72.8 cm³/mol. The first-order valence-corrected chi connectivity index (χ1v) is 7.37. The van der Waals surface area contributed by atoms with Gasteiger partial charge in [-0.3, -0.25) is 0 Å². The van der Waals surface area contributed by atoms with Gasteiger partial charge in [-0.1, -0.05) is 13.8 Å². The van der Waals surface area contributed by atoms with Gasteiger partial charge in [0.05, 0.1) is 0 Å². The fraction of sp³-hybridized carbons (Fsp3) is 0.800. The fourth-order valence-electron chi connectivity index (χ4n) is 0.646. The highest BCUT2D eigenvalue weighted by Gasteiger charge is 2.36. The second kappa shape index (κ2) is 11.6. The molecule has 0 aliphatic carbocycles. The Morgan fingerprint density at radius 3 is 1.56 bits per heavy atom. The highest BCUT2D eigenvalue weighted by atomic mass is 32.2. The minimum Gasteiger partial charge on any atom is -0.480 e. The van der Waals surface area contributed by atoms with Crippen LogP contribution in [0.4, 0.5) is 0 Å². The Bertz CT molecular complexity index is 239. The molecule has 0 atom stereocenters. The number of rotatable bonds is 8. The summed E-state index contributed by atoms with van der Waals surface area (Å²) in [6.07, 6.45) is 1.74. The van der Waals surface area contributed by atoms with Gasteiger partial charge in [-0.15, -0.1) is 23.5 Å². The first-order valence-electron chi connectivity index (χ1n) is 5.40.